The summed E-state index contributed by atoms with van der Waals surface area (Å²) in [5.74, 6) is 1.03. The molecule has 1 amide bonds. The van der Waals surface area contributed by atoms with Gasteiger partial charge in [-0.3, -0.25) is 4.79 Å². The summed E-state index contributed by atoms with van der Waals surface area (Å²) < 4.78 is 11.2. The van der Waals surface area contributed by atoms with E-state index < -0.39 is 0 Å². The Morgan fingerprint density at radius 1 is 1.16 bits per heavy atom. The second-order valence-corrected chi connectivity index (χ2v) is 6.21. The lowest BCUT2D eigenvalue weighted by Gasteiger charge is -2.27. The molecule has 0 aromatic heterocycles. The molecule has 132 valence electrons. The van der Waals surface area contributed by atoms with Crippen molar-refractivity contribution in [2.45, 2.75) is 25.3 Å². The topological polar surface area (TPSA) is 73.6 Å². The van der Waals surface area contributed by atoms with Crippen molar-refractivity contribution in [1.29, 1.82) is 0 Å². The second kappa shape index (κ2) is 7.23. The number of carbonyl (C=O) groups excluding carboxylic acids is 1. The van der Waals surface area contributed by atoms with Gasteiger partial charge < -0.3 is 20.5 Å². The number of nitrogen functional groups attached to an aromatic ring is 1. The van der Waals surface area contributed by atoms with Crippen LogP contribution in [0.1, 0.15) is 40.4 Å². The standard InChI is InChI=1S/C19H20N2O3.ClH/c20-13-7-8-14-12(11-13)3-1-5-16(14)21-19(22)15-4-2-6-17-18(15)24-10-9-23-17;/h2,4,6-8,11,16H,1,3,5,9-10,20H2,(H,21,22);1H. The minimum absolute atomic E-state index is 0. The highest BCUT2D eigenvalue weighted by atomic mass is 35.5. The van der Waals surface area contributed by atoms with Crippen LogP contribution in [0.2, 0.25) is 0 Å². The molecule has 1 aliphatic carbocycles. The summed E-state index contributed by atoms with van der Waals surface area (Å²) in [6.07, 6.45) is 2.97. The van der Waals surface area contributed by atoms with Crippen LogP contribution in [0.5, 0.6) is 11.5 Å². The molecule has 1 aliphatic heterocycles. The summed E-state index contributed by atoms with van der Waals surface area (Å²) >= 11 is 0. The van der Waals surface area contributed by atoms with Crippen molar-refractivity contribution < 1.29 is 14.3 Å². The normalized spacial score (nSPS) is 17.8. The molecular formula is C19H21ClN2O3. The average molecular weight is 361 g/mol. The number of ether oxygens (including phenoxy) is 2. The molecule has 0 saturated heterocycles. The van der Waals surface area contributed by atoms with Crippen molar-refractivity contribution >= 4 is 24.0 Å². The van der Waals surface area contributed by atoms with E-state index in [1.54, 1.807) is 6.07 Å². The van der Waals surface area contributed by atoms with Gasteiger partial charge in [0.2, 0.25) is 0 Å². The Morgan fingerprint density at radius 2 is 2.00 bits per heavy atom. The molecule has 6 heteroatoms. The van der Waals surface area contributed by atoms with Crippen LogP contribution in [0.3, 0.4) is 0 Å². The van der Waals surface area contributed by atoms with Gasteiger partial charge in [0, 0.05) is 5.69 Å². The fourth-order valence-electron chi connectivity index (χ4n) is 3.47. The van der Waals surface area contributed by atoms with Gasteiger partial charge >= 0.3 is 0 Å². The summed E-state index contributed by atoms with van der Waals surface area (Å²) in [4.78, 5) is 12.8. The van der Waals surface area contributed by atoms with E-state index in [-0.39, 0.29) is 24.4 Å². The average Bonchev–Trinajstić information content (AvgIpc) is 2.61. The molecule has 5 nitrogen and oxygen atoms in total. The summed E-state index contributed by atoms with van der Waals surface area (Å²) in [5.41, 5.74) is 9.55. The number of aryl methyl sites for hydroxylation is 1. The van der Waals surface area contributed by atoms with Gasteiger partial charge in [-0.2, -0.15) is 0 Å². The summed E-state index contributed by atoms with van der Waals surface area (Å²) in [6, 6.07) is 11.3. The molecule has 2 aromatic carbocycles. The third-order valence-corrected chi connectivity index (χ3v) is 4.60. The van der Waals surface area contributed by atoms with Crippen LogP contribution in [0.25, 0.3) is 0 Å². The molecule has 0 radical (unpaired) electrons. The van der Waals surface area contributed by atoms with Crippen molar-refractivity contribution in [1.82, 2.24) is 5.32 Å². The van der Waals surface area contributed by atoms with Gasteiger partial charge in [0.1, 0.15) is 13.2 Å². The predicted molar refractivity (Wildman–Crippen MR) is 98.7 cm³/mol. The zero-order valence-corrected chi connectivity index (χ0v) is 14.6. The number of anilines is 1. The minimum atomic E-state index is -0.132. The van der Waals surface area contributed by atoms with E-state index in [9.17, 15) is 4.79 Å². The van der Waals surface area contributed by atoms with Crippen LogP contribution in [0.15, 0.2) is 36.4 Å². The Bertz CT molecular complexity index is 794. The molecular weight excluding hydrogens is 340 g/mol. The molecule has 1 heterocycles. The Labute approximate surface area is 152 Å². The Balaban J connectivity index is 0.00000182. The minimum Gasteiger partial charge on any atom is -0.486 e. The third kappa shape index (κ3) is 3.37. The first-order chi connectivity index (χ1) is 11.7. The monoisotopic (exact) mass is 360 g/mol. The van der Waals surface area contributed by atoms with Gasteiger partial charge in [-0.05, 0) is 54.7 Å². The van der Waals surface area contributed by atoms with Gasteiger partial charge in [0.25, 0.3) is 5.91 Å². The lowest BCUT2D eigenvalue weighted by atomic mass is 9.87. The summed E-state index contributed by atoms with van der Waals surface area (Å²) in [6.45, 7) is 0.971. The number of rotatable bonds is 2. The number of hydrogen-bond acceptors (Lipinski definition) is 4. The molecule has 1 atom stereocenters. The second-order valence-electron chi connectivity index (χ2n) is 6.21. The summed E-state index contributed by atoms with van der Waals surface area (Å²) in [7, 11) is 0. The van der Waals surface area contributed by atoms with E-state index in [0.29, 0.717) is 30.3 Å². The SMILES string of the molecule is Cl.Nc1ccc2c(c1)CCCC2NC(=O)c1cccc2c1OCCO2. The lowest BCUT2D eigenvalue weighted by Crippen LogP contribution is -2.32. The van der Waals surface area contributed by atoms with Crippen molar-refractivity contribution in [2.24, 2.45) is 0 Å². The molecule has 4 rings (SSSR count). The van der Waals surface area contributed by atoms with E-state index in [1.165, 1.54) is 5.56 Å². The Kier molecular flexibility index (Phi) is 5.04. The number of fused-ring (bicyclic) bond motifs is 2. The fraction of sp³-hybridized carbons (Fsp3) is 0.316. The van der Waals surface area contributed by atoms with Gasteiger partial charge in [-0.15, -0.1) is 12.4 Å². The number of carbonyl (C=O) groups is 1. The molecule has 25 heavy (non-hydrogen) atoms. The largest absolute Gasteiger partial charge is 0.486 e. The number of para-hydroxylation sites is 1. The maximum atomic E-state index is 12.8. The molecule has 0 fully saturated rings. The van der Waals surface area contributed by atoms with Crippen LogP contribution in [0.4, 0.5) is 5.69 Å². The van der Waals surface area contributed by atoms with E-state index in [1.807, 2.05) is 30.3 Å². The number of nitrogens with two attached hydrogens (primary N) is 1. The maximum Gasteiger partial charge on any atom is 0.255 e. The van der Waals surface area contributed by atoms with E-state index in [4.69, 9.17) is 15.2 Å². The lowest BCUT2D eigenvalue weighted by molar-refractivity contribution is 0.0921. The first kappa shape index (κ1) is 17.4. The number of benzene rings is 2. The van der Waals surface area contributed by atoms with Crippen molar-refractivity contribution in [2.75, 3.05) is 18.9 Å². The Hall–Kier alpha value is -2.40. The molecule has 2 aromatic rings. The third-order valence-electron chi connectivity index (χ3n) is 4.60. The highest BCUT2D eigenvalue weighted by molar-refractivity contribution is 5.98. The van der Waals surface area contributed by atoms with E-state index in [0.717, 1.165) is 30.5 Å². The van der Waals surface area contributed by atoms with Crippen LogP contribution >= 0.6 is 12.4 Å². The van der Waals surface area contributed by atoms with Crippen molar-refractivity contribution in [3.63, 3.8) is 0 Å². The van der Waals surface area contributed by atoms with Gasteiger partial charge in [-0.25, -0.2) is 0 Å². The zero-order chi connectivity index (χ0) is 16.5. The number of amides is 1. The van der Waals surface area contributed by atoms with Crippen molar-refractivity contribution in [3.05, 3.63) is 53.1 Å². The number of halogens is 1. The fourth-order valence-corrected chi connectivity index (χ4v) is 3.47. The van der Waals surface area contributed by atoms with E-state index >= 15 is 0 Å². The van der Waals surface area contributed by atoms with Crippen LogP contribution < -0.4 is 20.5 Å². The first-order valence-corrected chi connectivity index (χ1v) is 8.30. The molecule has 0 bridgehead atoms. The van der Waals surface area contributed by atoms with Gasteiger partial charge in [0.15, 0.2) is 11.5 Å². The number of hydrogen-bond donors (Lipinski definition) is 2. The highest BCUT2D eigenvalue weighted by Gasteiger charge is 2.25. The highest BCUT2D eigenvalue weighted by Crippen LogP contribution is 2.35. The van der Waals surface area contributed by atoms with Gasteiger partial charge in [0.05, 0.1) is 11.6 Å². The van der Waals surface area contributed by atoms with Crippen LogP contribution in [0, 0.1) is 0 Å². The molecule has 0 spiro atoms. The zero-order valence-electron chi connectivity index (χ0n) is 13.8. The number of nitrogens with one attached hydrogen (secondary N) is 1. The first-order valence-electron chi connectivity index (χ1n) is 8.30. The van der Waals surface area contributed by atoms with Crippen molar-refractivity contribution in [3.8, 4) is 11.5 Å². The van der Waals surface area contributed by atoms with Crippen LogP contribution in [-0.4, -0.2) is 19.1 Å². The van der Waals surface area contributed by atoms with Gasteiger partial charge in [-0.1, -0.05) is 12.1 Å². The van der Waals surface area contributed by atoms with E-state index in [2.05, 4.69) is 5.32 Å². The molecule has 3 N–H and O–H groups in total. The Morgan fingerprint density at radius 3 is 2.88 bits per heavy atom. The van der Waals surface area contributed by atoms with Crippen LogP contribution in [-0.2, 0) is 6.42 Å². The quantitative estimate of drug-likeness (QED) is 0.806. The molecule has 1 unspecified atom stereocenters. The smallest absolute Gasteiger partial charge is 0.255 e. The molecule has 2 aliphatic rings. The molecule has 0 saturated carbocycles. The summed E-state index contributed by atoms with van der Waals surface area (Å²) in [5, 5.41) is 3.15. The predicted octanol–water partition coefficient (Wildman–Crippen LogP) is 3.27. The maximum absolute atomic E-state index is 12.8.